The Morgan fingerprint density at radius 1 is 1.24 bits per heavy atom. The quantitative estimate of drug-likeness (QED) is 0.784. The number of furan rings is 1. The van der Waals surface area contributed by atoms with Crippen LogP contribution in [0, 0.1) is 0 Å². The first kappa shape index (κ1) is 17.5. The maximum absolute atomic E-state index is 12.4. The van der Waals surface area contributed by atoms with Crippen LogP contribution in [0.2, 0.25) is 0 Å². The van der Waals surface area contributed by atoms with Crippen molar-refractivity contribution in [3.63, 3.8) is 0 Å². The Morgan fingerprint density at radius 2 is 1.96 bits per heavy atom. The monoisotopic (exact) mass is 343 g/mol. The molecule has 5 nitrogen and oxygen atoms in total. The molecule has 0 aromatic carbocycles. The number of piperidine rings is 1. The smallest absolute Gasteiger partial charge is 0.351 e. The van der Waals surface area contributed by atoms with E-state index in [0.717, 1.165) is 37.2 Å². The highest BCUT2D eigenvalue weighted by atomic mass is 16.5. The third-order valence-electron chi connectivity index (χ3n) is 4.73. The Bertz CT molecular complexity index is 787. The third-order valence-corrected chi connectivity index (χ3v) is 4.73. The van der Waals surface area contributed by atoms with Crippen molar-refractivity contribution in [3.8, 4) is 11.3 Å². The highest BCUT2D eigenvalue weighted by Gasteiger charge is 2.29. The normalized spacial score (nSPS) is 15.0. The van der Waals surface area contributed by atoms with Gasteiger partial charge in [0.2, 0.25) is 0 Å². The molecule has 0 spiro atoms. The number of rotatable bonds is 4. The summed E-state index contributed by atoms with van der Waals surface area (Å²) in [6.07, 6.45) is 3.45. The largest absolute Gasteiger partial charge is 0.462 e. The van der Waals surface area contributed by atoms with Gasteiger partial charge in [0.05, 0.1) is 12.3 Å². The molecular weight excluding hydrogens is 318 g/mol. The summed E-state index contributed by atoms with van der Waals surface area (Å²) in [5.41, 5.74) is 1.88. The fourth-order valence-corrected chi connectivity index (χ4v) is 3.36. The number of fused-ring (bicyclic) bond motifs is 1. The maximum atomic E-state index is 12.4. The minimum Gasteiger partial charge on any atom is -0.462 e. The Morgan fingerprint density at radius 3 is 2.60 bits per heavy atom. The van der Waals surface area contributed by atoms with Crippen LogP contribution in [0.1, 0.15) is 61.9 Å². The van der Waals surface area contributed by atoms with Crippen molar-refractivity contribution < 1.29 is 13.9 Å². The lowest BCUT2D eigenvalue weighted by Crippen LogP contribution is -2.29. The molecule has 0 unspecified atom stereocenters. The van der Waals surface area contributed by atoms with Crippen LogP contribution in [0.5, 0.6) is 0 Å². The number of hydrogen-bond donors (Lipinski definition) is 0. The highest BCUT2D eigenvalue weighted by molar-refractivity contribution is 5.98. The van der Waals surface area contributed by atoms with E-state index < -0.39 is 11.6 Å². The molecule has 0 bridgehead atoms. The minimum absolute atomic E-state index is 0.00760. The molecule has 2 aliphatic heterocycles. The number of hydrogen-bond acceptors (Lipinski definition) is 5. The first-order chi connectivity index (χ1) is 12.0. The molecule has 1 saturated heterocycles. The van der Waals surface area contributed by atoms with Crippen molar-refractivity contribution in [1.29, 1.82) is 0 Å². The number of carbonyl (C=O) groups is 1. The van der Waals surface area contributed by atoms with Crippen LogP contribution in [-0.2, 0) is 4.74 Å². The van der Waals surface area contributed by atoms with Gasteiger partial charge < -0.3 is 14.1 Å². The summed E-state index contributed by atoms with van der Waals surface area (Å²) in [5.74, 6) is 0.142. The molecule has 0 aromatic heterocycles. The fraction of sp³-hybridized carbons (Fsp3) is 0.500. The van der Waals surface area contributed by atoms with Crippen molar-refractivity contribution in [1.82, 2.24) is 0 Å². The van der Waals surface area contributed by atoms with Gasteiger partial charge in [-0.3, -0.25) is 0 Å². The second-order valence-corrected chi connectivity index (χ2v) is 6.79. The number of ether oxygens (including phenoxy) is 1. The molecule has 0 aromatic rings. The molecule has 3 aliphatic rings. The van der Waals surface area contributed by atoms with E-state index in [1.807, 2.05) is 12.1 Å². The van der Waals surface area contributed by atoms with Crippen molar-refractivity contribution >= 4 is 11.7 Å². The van der Waals surface area contributed by atoms with Crippen molar-refractivity contribution in [2.75, 3.05) is 24.6 Å². The van der Waals surface area contributed by atoms with E-state index in [0.29, 0.717) is 11.3 Å². The topological polar surface area (TPSA) is 59.8 Å². The second-order valence-electron chi connectivity index (χ2n) is 6.79. The van der Waals surface area contributed by atoms with Gasteiger partial charge in [-0.1, -0.05) is 19.9 Å². The SMILES string of the molecule is CCOC(=O)c1c2cc(C(C)C)ccc(N3CCCCC3)c-2oc1=O. The van der Waals surface area contributed by atoms with Crippen molar-refractivity contribution in [2.45, 2.75) is 46.0 Å². The molecule has 2 heterocycles. The molecule has 134 valence electrons. The zero-order valence-corrected chi connectivity index (χ0v) is 15.1. The zero-order valence-electron chi connectivity index (χ0n) is 15.1. The predicted molar refractivity (Wildman–Crippen MR) is 97.7 cm³/mol. The summed E-state index contributed by atoms with van der Waals surface area (Å²) in [6.45, 7) is 7.98. The van der Waals surface area contributed by atoms with Gasteiger partial charge in [0, 0.05) is 18.7 Å². The Kier molecular flexibility index (Phi) is 5.11. The molecule has 25 heavy (non-hydrogen) atoms. The molecule has 0 radical (unpaired) electrons. The second kappa shape index (κ2) is 7.30. The van der Waals surface area contributed by atoms with Gasteiger partial charge in [-0.25, -0.2) is 9.59 Å². The van der Waals surface area contributed by atoms with Gasteiger partial charge in [0.25, 0.3) is 0 Å². The molecule has 5 heteroatoms. The van der Waals surface area contributed by atoms with Gasteiger partial charge in [-0.05, 0) is 49.8 Å². The number of esters is 1. The van der Waals surface area contributed by atoms with Crippen LogP contribution in [0.4, 0.5) is 5.69 Å². The average Bonchev–Trinajstić information content (AvgIpc) is 2.79. The fourth-order valence-electron chi connectivity index (χ4n) is 3.36. The lowest BCUT2D eigenvalue weighted by molar-refractivity contribution is 0.0524. The van der Waals surface area contributed by atoms with Crippen LogP contribution in [0.3, 0.4) is 0 Å². The van der Waals surface area contributed by atoms with E-state index in [-0.39, 0.29) is 18.1 Å². The zero-order chi connectivity index (χ0) is 18.0. The van der Waals surface area contributed by atoms with Crippen LogP contribution in [-0.4, -0.2) is 25.7 Å². The van der Waals surface area contributed by atoms with Gasteiger partial charge in [0.15, 0.2) is 11.3 Å². The van der Waals surface area contributed by atoms with Gasteiger partial charge >= 0.3 is 11.6 Å². The molecule has 1 aliphatic carbocycles. The van der Waals surface area contributed by atoms with E-state index in [1.165, 1.54) is 6.42 Å². The summed E-state index contributed by atoms with van der Waals surface area (Å²) in [6, 6.07) is 5.97. The number of nitrogens with zero attached hydrogens (tertiary/aromatic N) is 1. The summed E-state index contributed by atoms with van der Waals surface area (Å²) >= 11 is 0. The molecular formula is C20H25NO4. The van der Waals surface area contributed by atoms with Crippen molar-refractivity contribution in [2.24, 2.45) is 0 Å². The molecule has 0 atom stereocenters. The van der Waals surface area contributed by atoms with E-state index in [9.17, 15) is 9.59 Å². The maximum Gasteiger partial charge on any atom is 0.351 e. The average molecular weight is 343 g/mol. The summed E-state index contributed by atoms with van der Waals surface area (Å²) in [4.78, 5) is 26.9. The first-order valence-corrected chi connectivity index (χ1v) is 9.05. The van der Waals surface area contributed by atoms with Crippen LogP contribution < -0.4 is 10.5 Å². The van der Waals surface area contributed by atoms with Crippen LogP contribution in [0.15, 0.2) is 27.4 Å². The van der Waals surface area contributed by atoms with Gasteiger partial charge in [-0.15, -0.1) is 0 Å². The lowest BCUT2D eigenvalue weighted by Gasteiger charge is -2.28. The van der Waals surface area contributed by atoms with Crippen LogP contribution >= 0.6 is 0 Å². The van der Waals surface area contributed by atoms with Crippen molar-refractivity contribution in [3.05, 3.63) is 39.7 Å². The minimum atomic E-state index is -0.618. The van der Waals surface area contributed by atoms with Gasteiger partial charge in [0.1, 0.15) is 0 Å². The number of anilines is 1. The Balaban J connectivity index is 2.20. The van der Waals surface area contributed by atoms with E-state index in [4.69, 9.17) is 9.15 Å². The van der Waals surface area contributed by atoms with E-state index in [2.05, 4.69) is 24.8 Å². The summed E-state index contributed by atoms with van der Waals surface area (Å²) in [7, 11) is 0. The first-order valence-electron chi connectivity index (χ1n) is 9.05. The molecule has 3 rings (SSSR count). The van der Waals surface area contributed by atoms with Crippen LogP contribution in [0.25, 0.3) is 11.3 Å². The summed E-state index contributed by atoms with van der Waals surface area (Å²) in [5, 5.41) is 0. The Labute approximate surface area is 147 Å². The summed E-state index contributed by atoms with van der Waals surface area (Å²) < 4.78 is 10.6. The standard InChI is InChI=1S/C20H25NO4/c1-4-24-19(22)17-15-12-14(13(2)3)8-9-16(18(15)25-20(17)23)21-10-6-5-7-11-21/h8-9,12-13H,4-7,10-11H2,1-3H3. The Hall–Kier alpha value is -2.30. The molecule has 0 saturated carbocycles. The van der Waals surface area contributed by atoms with E-state index in [1.54, 1.807) is 6.92 Å². The molecule has 1 fully saturated rings. The molecule has 0 N–H and O–H groups in total. The van der Waals surface area contributed by atoms with E-state index >= 15 is 0 Å². The number of carbonyl (C=O) groups excluding carboxylic acids is 1. The lowest BCUT2D eigenvalue weighted by atomic mass is 10.0. The van der Waals surface area contributed by atoms with Gasteiger partial charge in [-0.2, -0.15) is 0 Å². The highest BCUT2D eigenvalue weighted by Crippen LogP contribution is 2.36. The predicted octanol–water partition coefficient (Wildman–Crippen LogP) is 4.04. The third kappa shape index (κ3) is 3.41. The molecule has 0 amide bonds.